The van der Waals surface area contributed by atoms with Crippen LogP contribution in [0.1, 0.15) is 44.6 Å². The highest BCUT2D eigenvalue weighted by atomic mass is 32.2. The van der Waals surface area contributed by atoms with Crippen molar-refractivity contribution >= 4 is 17.5 Å². The second-order valence-corrected chi connectivity index (χ2v) is 6.41. The maximum atomic E-state index is 11.6. The van der Waals surface area contributed by atoms with Crippen LogP contribution in [0.3, 0.4) is 0 Å². The van der Waals surface area contributed by atoms with Crippen LogP contribution in [-0.4, -0.2) is 11.0 Å². The van der Waals surface area contributed by atoms with Crippen LogP contribution in [0.2, 0.25) is 0 Å². The number of thioether (sulfide) groups is 1. The molecular weight excluding hydrogens is 240 g/mol. The fourth-order valence-electron chi connectivity index (χ4n) is 2.63. The van der Waals surface area contributed by atoms with Gasteiger partial charge in [-0.25, -0.2) is 0 Å². The first-order chi connectivity index (χ1) is 8.79. The van der Waals surface area contributed by atoms with Gasteiger partial charge in [-0.1, -0.05) is 50.1 Å². The number of carbonyl (C=O) groups is 1. The molecule has 1 aliphatic carbocycles. The lowest BCUT2D eigenvalue weighted by molar-refractivity contribution is -0.117. The maximum absolute atomic E-state index is 11.6. The molecule has 0 unspecified atom stereocenters. The van der Waals surface area contributed by atoms with Gasteiger partial charge in [0.25, 0.3) is 0 Å². The van der Waals surface area contributed by atoms with Gasteiger partial charge in [0.15, 0.2) is 0 Å². The van der Waals surface area contributed by atoms with Crippen molar-refractivity contribution in [3.63, 3.8) is 0 Å². The molecule has 2 rings (SSSR count). The van der Waals surface area contributed by atoms with E-state index < -0.39 is 0 Å². The van der Waals surface area contributed by atoms with Crippen LogP contribution in [0, 0.1) is 5.92 Å². The van der Waals surface area contributed by atoms with Gasteiger partial charge in [-0.2, -0.15) is 11.8 Å². The van der Waals surface area contributed by atoms with E-state index in [1.807, 2.05) is 11.8 Å². The highest BCUT2D eigenvalue weighted by Gasteiger charge is 2.32. The molecular formula is C16H22OS. The zero-order valence-electron chi connectivity index (χ0n) is 11.1. The Morgan fingerprint density at radius 1 is 1.22 bits per heavy atom. The summed E-state index contributed by atoms with van der Waals surface area (Å²) in [5, 5.41) is 0.559. The number of hydrogen-bond donors (Lipinski definition) is 0. The van der Waals surface area contributed by atoms with E-state index in [2.05, 4.69) is 37.3 Å². The van der Waals surface area contributed by atoms with Crippen molar-refractivity contribution in [2.75, 3.05) is 0 Å². The molecule has 0 aromatic heterocycles. The Morgan fingerprint density at radius 2 is 2.00 bits per heavy atom. The number of hydrogen-bond acceptors (Lipinski definition) is 2. The minimum Gasteiger partial charge on any atom is -0.300 e. The van der Waals surface area contributed by atoms with E-state index in [0.717, 1.165) is 18.6 Å². The predicted octanol–water partition coefficient (Wildman–Crippen LogP) is 4.46. The van der Waals surface area contributed by atoms with Crippen LogP contribution in [0.15, 0.2) is 30.3 Å². The van der Waals surface area contributed by atoms with Crippen molar-refractivity contribution in [2.45, 2.75) is 50.0 Å². The molecule has 0 spiro atoms. The van der Waals surface area contributed by atoms with Gasteiger partial charge in [-0.05, 0) is 17.9 Å². The van der Waals surface area contributed by atoms with E-state index in [-0.39, 0.29) is 0 Å². The summed E-state index contributed by atoms with van der Waals surface area (Å²) < 4.78 is 0. The molecule has 1 aromatic carbocycles. The molecule has 2 atom stereocenters. The first-order valence-electron chi connectivity index (χ1n) is 6.97. The van der Waals surface area contributed by atoms with Gasteiger partial charge in [0.05, 0.1) is 0 Å². The smallest absolute Gasteiger partial charge is 0.134 e. The second-order valence-electron chi connectivity index (χ2n) is 5.18. The van der Waals surface area contributed by atoms with Crippen molar-refractivity contribution in [3.8, 4) is 0 Å². The van der Waals surface area contributed by atoms with E-state index in [0.29, 0.717) is 17.0 Å². The highest BCUT2D eigenvalue weighted by Crippen LogP contribution is 2.37. The molecule has 0 heterocycles. The number of Topliss-reactive ketones (excluding diaryl/α,β-unsaturated/α-hetero) is 1. The SMILES string of the molecule is CCCC[C@H]1CC(=O)C[C@@H]1SCc1ccccc1. The largest absolute Gasteiger partial charge is 0.300 e. The molecule has 1 saturated carbocycles. The fourth-order valence-corrected chi connectivity index (χ4v) is 4.03. The lowest BCUT2D eigenvalue weighted by atomic mass is 10.0. The minimum absolute atomic E-state index is 0.474. The van der Waals surface area contributed by atoms with Gasteiger partial charge in [-0.15, -0.1) is 0 Å². The number of carbonyl (C=O) groups excluding carboxylic acids is 1. The Bertz CT molecular complexity index is 374. The summed E-state index contributed by atoms with van der Waals surface area (Å²) in [7, 11) is 0. The van der Waals surface area contributed by atoms with Crippen LogP contribution in [0.4, 0.5) is 0 Å². The van der Waals surface area contributed by atoms with Gasteiger partial charge >= 0.3 is 0 Å². The molecule has 98 valence electrons. The molecule has 2 heteroatoms. The maximum Gasteiger partial charge on any atom is 0.134 e. The van der Waals surface area contributed by atoms with Crippen LogP contribution in [0.25, 0.3) is 0 Å². The molecule has 0 bridgehead atoms. The van der Waals surface area contributed by atoms with Crippen LogP contribution in [-0.2, 0) is 10.5 Å². The summed E-state index contributed by atoms with van der Waals surface area (Å²) in [5.74, 6) is 2.15. The normalized spacial score (nSPS) is 23.5. The highest BCUT2D eigenvalue weighted by molar-refractivity contribution is 7.99. The van der Waals surface area contributed by atoms with Gasteiger partial charge in [0.1, 0.15) is 5.78 Å². The molecule has 0 radical (unpaired) electrons. The average Bonchev–Trinajstić information content (AvgIpc) is 2.75. The van der Waals surface area contributed by atoms with Crippen molar-refractivity contribution in [3.05, 3.63) is 35.9 Å². The number of benzene rings is 1. The first kappa shape index (κ1) is 13.7. The molecule has 0 N–H and O–H groups in total. The third-order valence-corrected chi connectivity index (χ3v) is 5.16. The Balaban J connectivity index is 1.85. The summed E-state index contributed by atoms with van der Waals surface area (Å²) in [6.45, 7) is 2.23. The quantitative estimate of drug-likeness (QED) is 0.753. The summed E-state index contributed by atoms with van der Waals surface area (Å²) in [6, 6.07) is 10.6. The monoisotopic (exact) mass is 262 g/mol. The molecule has 1 nitrogen and oxygen atoms in total. The van der Waals surface area contributed by atoms with Gasteiger partial charge in [-0.3, -0.25) is 4.79 Å². The van der Waals surface area contributed by atoms with E-state index >= 15 is 0 Å². The number of ketones is 1. The molecule has 1 aliphatic rings. The first-order valence-corrected chi connectivity index (χ1v) is 8.01. The van der Waals surface area contributed by atoms with Crippen LogP contribution in [0.5, 0.6) is 0 Å². The summed E-state index contributed by atoms with van der Waals surface area (Å²) >= 11 is 1.98. The van der Waals surface area contributed by atoms with E-state index in [4.69, 9.17) is 0 Å². The van der Waals surface area contributed by atoms with Crippen molar-refractivity contribution in [1.82, 2.24) is 0 Å². The molecule has 1 fully saturated rings. The van der Waals surface area contributed by atoms with Crippen LogP contribution < -0.4 is 0 Å². The Morgan fingerprint density at radius 3 is 2.72 bits per heavy atom. The van der Waals surface area contributed by atoms with Gasteiger partial charge in [0, 0.05) is 23.8 Å². The number of unbranched alkanes of at least 4 members (excludes halogenated alkanes) is 1. The average molecular weight is 262 g/mol. The van der Waals surface area contributed by atoms with Crippen molar-refractivity contribution in [2.24, 2.45) is 5.92 Å². The Hall–Kier alpha value is -0.760. The van der Waals surface area contributed by atoms with Crippen molar-refractivity contribution < 1.29 is 4.79 Å². The Kier molecular flexibility index (Phi) is 5.30. The fraction of sp³-hybridized carbons (Fsp3) is 0.562. The predicted molar refractivity (Wildman–Crippen MR) is 78.8 cm³/mol. The van der Waals surface area contributed by atoms with E-state index in [9.17, 15) is 4.79 Å². The standard InChI is InChI=1S/C16H22OS/c1-2-3-9-14-10-15(17)11-16(14)18-12-13-7-5-4-6-8-13/h4-8,14,16H,2-3,9-12H2,1H3/t14-,16-/m0/s1. The van der Waals surface area contributed by atoms with E-state index in [1.54, 1.807) is 0 Å². The molecule has 1 aromatic rings. The second kappa shape index (κ2) is 6.98. The van der Waals surface area contributed by atoms with Gasteiger partial charge in [0.2, 0.25) is 0 Å². The zero-order chi connectivity index (χ0) is 12.8. The third-order valence-electron chi connectivity index (χ3n) is 3.68. The molecule has 18 heavy (non-hydrogen) atoms. The third kappa shape index (κ3) is 3.88. The molecule has 0 aliphatic heterocycles. The van der Waals surface area contributed by atoms with E-state index in [1.165, 1.54) is 24.8 Å². The number of rotatable bonds is 6. The summed E-state index contributed by atoms with van der Waals surface area (Å²) in [6.07, 6.45) is 5.36. The lowest BCUT2D eigenvalue weighted by Crippen LogP contribution is -2.10. The zero-order valence-corrected chi connectivity index (χ0v) is 11.9. The molecule has 0 amide bonds. The van der Waals surface area contributed by atoms with Gasteiger partial charge < -0.3 is 0 Å². The Labute approximate surface area is 114 Å². The summed E-state index contributed by atoms with van der Waals surface area (Å²) in [5.41, 5.74) is 1.37. The lowest BCUT2D eigenvalue weighted by Gasteiger charge is -2.17. The van der Waals surface area contributed by atoms with Crippen LogP contribution >= 0.6 is 11.8 Å². The van der Waals surface area contributed by atoms with Crippen molar-refractivity contribution in [1.29, 1.82) is 0 Å². The molecule has 0 saturated heterocycles. The summed E-state index contributed by atoms with van der Waals surface area (Å²) in [4.78, 5) is 11.6. The minimum atomic E-state index is 0.474. The topological polar surface area (TPSA) is 17.1 Å².